The molecule has 132 valence electrons. The van der Waals surface area contributed by atoms with Gasteiger partial charge in [-0.2, -0.15) is 0 Å². The fourth-order valence-electron chi connectivity index (χ4n) is 2.05. The Balaban J connectivity index is 2.18. The second kappa shape index (κ2) is 8.98. The van der Waals surface area contributed by atoms with Crippen LogP contribution in [0.5, 0.6) is 0 Å². The number of likely N-dealkylation sites (N-methyl/N-ethyl adjacent to an activating group) is 1. The van der Waals surface area contributed by atoms with Gasteiger partial charge in [0, 0.05) is 21.0 Å². The van der Waals surface area contributed by atoms with Crippen LogP contribution in [0.15, 0.2) is 56.7 Å². The van der Waals surface area contributed by atoms with Crippen molar-refractivity contribution in [2.45, 2.75) is 9.79 Å². The van der Waals surface area contributed by atoms with Crippen molar-refractivity contribution < 1.29 is 14.6 Å². The molecule has 0 spiro atoms. The van der Waals surface area contributed by atoms with Crippen LogP contribution in [0, 0.1) is 10.1 Å². The van der Waals surface area contributed by atoms with Crippen LogP contribution in [0.3, 0.4) is 0 Å². The van der Waals surface area contributed by atoms with Gasteiger partial charge in [0.1, 0.15) is 0 Å². The highest BCUT2D eigenvalue weighted by Gasteiger charge is 2.18. The Kier molecular flexibility index (Phi) is 6.98. The molecule has 0 unspecified atom stereocenters. The van der Waals surface area contributed by atoms with Gasteiger partial charge in [-0.1, -0.05) is 27.7 Å². The van der Waals surface area contributed by atoms with Crippen LogP contribution in [-0.2, 0) is 0 Å². The predicted molar refractivity (Wildman–Crippen MR) is 101 cm³/mol. The number of rotatable bonds is 7. The molecule has 0 aliphatic heterocycles. The summed E-state index contributed by atoms with van der Waals surface area (Å²) in [7, 11) is 3.98. The number of nitro benzene ring substituents is 1. The number of hydrogen-bond acceptors (Lipinski definition) is 4. The first-order valence-corrected chi connectivity index (χ1v) is 9.27. The number of amides is 1. The third-order valence-corrected chi connectivity index (χ3v) is 4.97. The Morgan fingerprint density at radius 2 is 1.92 bits per heavy atom. The summed E-state index contributed by atoms with van der Waals surface area (Å²) in [5.74, 6) is -0.301. The second-order valence-corrected chi connectivity index (χ2v) is 7.74. The van der Waals surface area contributed by atoms with E-state index in [-0.39, 0.29) is 11.6 Å². The number of carbonyl (C=O) groups excluding carboxylic acids is 1. The quantitative estimate of drug-likeness (QED) is 0.528. The first kappa shape index (κ1) is 19.4. The monoisotopic (exact) mass is 424 g/mol. The second-order valence-electron chi connectivity index (χ2n) is 5.71. The summed E-state index contributed by atoms with van der Waals surface area (Å²) in [5, 5.41) is 14.2. The van der Waals surface area contributed by atoms with E-state index in [2.05, 4.69) is 21.2 Å². The molecule has 2 aromatic carbocycles. The molecule has 0 radical (unpaired) electrons. The average molecular weight is 425 g/mol. The average Bonchev–Trinajstić information content (AvgIpc) is 2.56. The van der Waals surface area contributed by atoms with E-state index in [0.717, 1.165) is 15.9 Å². The third-order valence-electron chi connectivity index (χ3n) is 3.37. The lowest BCUT2D eigenvalue weighted by Gasteiger charge is -2.09. The van der Waals surface area contributed by atoms with Crippen LogP contribution in [-0.4, -0.2) is 38.0 Å². The highest BCUT2D eigenvalue weighted by Crippen LogP contribution is 2.35. The molecular formula is C17H19BrN3O3S+. The highest BCUT2D eigenvalue weighted by molar-refractivity contribution is 9.10. The summed E-state index contributed by atoms with van der Waals surface area (Å²) >= 11 is 4.66. The minimum atomic E-state index is -0.456. The van der Waals surface area contributed by atoms with E-state index >= 15 is 0 Å². The van der Waals surface area contributed by atoms with Crippen molar-refractivity contribution in [3.8, 4) is 0 Å². The lowest BCUT2D eigenvalue weighted by Crippen LogP contribution is -3.06. The predicted octanol–water partition coefficient (Wildman–Crippen LogP) is 2.38. The smallest absolute Gasteiger partial charge is 0.284 e. The van der Waals surface area contributed by atoms with Crippen LogP contribution >= 0.6 is 27.7 Å². The van der Waals surface area contributed by atoms with E-state index in [9.17, 15) is 14.9 Å². The molecule has 25 heavy (non-hydrogen) atoms. The van der Waals surface area contributed by atoms with E-state index in [0.29, 0.717) is 17.0 Å². The lowest BCUT2D eigenvalue weighted by molar-refractivity contribution is -0.856. The largest absolute Gasteiger partial charge is 0.346 e. The molecule has 0 aliphatic carbocycles. The molecular weight excluding hydrogens is 406 g/mol. The molecule has 2 aromatic rings. The van der Waals surface area contributed by atoms with Crippen LogP contribution < -0.4 is 10.2 Å². The molecule has 0 saturated heterocycles. The van der Waals surface area contributed by atoms with E-state index in [1.165, 1.54) is 22.7 Å². The highest BCUT2D eigenvalue weighted by atomic mass is 79.9. The van der Waals surface area contributed by atoms with Crippen molar-refractivity contribution in [3.05, 3.63) is 62.6 Å². The molecule has 0 bridgehead atoms. The molecule has 0 fully saturated rings. The number of nitrogens with zero attached hydrogens (tertiary/aromatic N) is 1. The van der Waals surface area contributed by atoms with Gasteiger partial charge >= 0.3 is 0 Å². The molecule has 0 saturated carbocycles. The van der Waals surface area contributed by atoms with Gasteiger partial charge < -0.3 is 10.2 Å². The summed E-state index contributed by atoms with van der Waals surface area (Å²) in [4.78, 5) is 25.7. The summed E-state index contributed by atoms with van der Waals surface area (Å²) < 4.78 is 0.943. The molecule has 2 N–H and O–H groups in total. The van der Waals surface area contributed by atoms with Crippen molar-refractivity contribution >= 4 is 39.3 Å². The number of benzene rings is 2. The molecule has 0 aromatic heterocycles. The van der Waals surface area contributed by atoms with E-state index in [1.807, 2.05) is 38.4 Å². The van der Waals surface area contributed by atoms with Gasteiger partial charge in [0.25, 0.3) is 11.6 Å². The maximum Gasteiger partial charge on any atom is 0.284 e. The molecule has 0 heterocycles. The Bertz CT molecular complexity index is 766. The van der Waals surface area contributed by atoms with Gasteiger partial charge in [0.15, 0.2) is 0 Å². The van der Waals surface area contributed by atoms with Crippen LogP contribution in [0.25, 0.3) is 0 Å². The van der Waals surface area contributed by atoms with Crippen LogP contribution in [0.2, 0.25) is 0 Å². The van der Waals surface area contributed by atoms with Crippen molar-refractivity contribution in [1.82, 2.24) is 5.32 Å². The summed E-state index contributed by atoms with van der Waals surface area (Å²) in [6, 6.07) is 12.1. The van der Waals surface area contributed by atoms with Gasteiger partial charge in [-0.15, -0.1) is 0 Å². The fraction of sp³-hybridized carbons (Fsp3) is 0.235. The van der Waals surface area contributed by atoms with E-state index in [4.69, 9.17) is 0 Å². The number of quaternary nitrogens is 1. The van der Waals surface area contributed by atoms with Crippen molar-refractivity contribution in [3.63, 3.8) is 0 Å². The van der Waals surface area contributed by atoms with Gasteiger partial charge in [-0.25, -0.2) is 0 Å². The van der Waals surface area contributed by atoms with Gasteiger partial charge in [-0.3, -0.25) is 14.9 Å². The first-order chi connectivity index (χ1) is 11.9. The van der Waals surface area contributed by atoms with Gasteiger partial charge in [0.05, 0.1) is 37.0 Å². The minimum absolute atomic E-state index is 0.0706. The molecule has 6 nitrogen and oxygen atoms in total. The maximum atomic E-state index is 12.2. The zero-order valence-corrected chi connectivity index (χ0v) is 16.3. The number of hydrogen-bond donors (Lipinski definition) is 2. The molecule has 0 atom stereocenters. The Morgan fingerprint density at radius 3 is 2.52 bits per heavy atom. The van der Waals surface area contributed by atoms with Crippen molar-refractivity contribution in [2.75, 3.05) is 27.2 Å². The summed E-state index contributed by atoms with van der Waals surface area (Å²) in [6.45, 7) is 1.30. The SMILES string of the molecule is C[NH+](C)CCNC(=O)c1ccc(Sc2ccc(Br)cc2)c([N+](=O)[O-])c1. The summed E-state index contributed by atoms with van der Waals surface area (Å²) in [6.07, 6.45) is 0. The van der Waals surface area contributed by atoms with Crippen molar-refractivity contribution in [2.24, 2.45) is 0 Å². The third kappa shape index (κ3) is 5.84. The maximum absolute atomic E-state index is 12.2. The minimum Gasteiger partial charge on any atom is -0.346 e. The van der Waals surface area contributed by atoms with Crippen LogP contribution in [0.1, 0.15) is 10.4 Å². The van der Waals surface area contributed by atoms with E-state index in [1.54, 1.807) is 12.1 Å². The number of carbonyl (C=O) groups is 1. The Morgan fingerprint density at radius 1 is 1.24 bits per heavy atom. The first-order valence-electron chi connectivity index (χ1n) is 7.66. The van der Waals surface area contributed by atoms with Crippen LogP contribution in [0.4, 0.5) is 5.69 Å². The molecule has 1 amide bonds. The van der Waals surface area contributed by atoms with Crippen molar-refractivity contribution in [1.29, 1.82) is 0 Å². The molecule has 2 rings (SSSR count). The standard InChI is InChI=1S/C17H18BrN3O3S/c1-20(2)10-9-19-17(22)12-3-8-16(15(11-12)21(23)24)25-14-6-4-13(18)5-7-14/h3-8,11H,9-10H2,1-2H3,(H,19,22)/p+1. The number of halogens is 1. The Hall–Kier alpha value is -1.90. The molecule has 0 aliphatic rings. The van der Waals surface area contributed by atoms with Gasteiger partial charge in [0.2, 0.25) is 0 Å². The normalized spacial score (nSPS) is 10.7. The zero-order valence-electron chi connectivity index (χ0n) is 13.9. The summed E-state index contributed by atoms with van der Waals surface area (Å²) in [5.41, 5.74) is 0.222. The van der Waals surface area contributed by atoms with Gasteiger partial charge in [-0.05, 0) is 36.4 Å². The topological polar surface area (TPSA) is 76.7 Å². The number of nitrogens with one attached hydrogen (secondary N) is 2. The fourth-order valence-corrected chi connectivity index (χ4v) is 3.21. The van der Waals surface area contributed by atoms with E-state index < -0.39 is 4.92 Å². The zero-order chi connectivity index (χ0) is 18.4. The Labute approximate surface area is 158 Å². The molecule has 8 heteroatoms. The number of nitro groups is 1. The lowest BCUT2D eigenvalue weighted by atomic mass is 10.2.